The van der Waals surface area contributed by atoms with Gasteiger partial charge in [0, 0.05) is 19.4 Å². The molecule has 4 aliphatic rings. The van der Waals surface area contributed by atoms with Gasteiger partial charge in [0.1, 0.15) is 0 Å². The lowest BCUT2D eigenvalue weighted by molar-refractivity contribution is -0.162. The summed E-state index contributed by atoms with van der Waals surface area (Å²) in [5, 5.41) is 22.7. The molecule has 0 aromatic carbocycles. The number of nitrogens with one attached hydrogen (secondary N) is 2. The highest BCUT2D eigenvalue weighted by molar-refractivity contribution is 5.76. The van der Waals surface area contributed by atoms with E-state index in [1.807, 2.05) is 0 Å². The second-order valence-electron chi connectivity index (χ2n) is 12.2. The van der Waals surface area contributed by atoms with Crippen LogP contribution in [0.4, 0.5) is 0 Å². The predicted octanol–water partition coefficient (Wildman–Crippen LogP) is 4.58. The summed E-state index contributed by atoms with van der Waals surface area (Å²) >= 11 is 0. The quantitative estimate of drug-likeness (QED) is 0.241. The lowest BCUT2D eigenvalue weighted by Crippen LogP contribution is -2.57. The summed E-state index contributed by atoms with van der Waals surface area (Å²) in [6, 6.07) is 0. The van der Waals surface area contributed by atoms with Gasteiger partial charge in [-0.15, -0.1) is 0 Å². The number of aliphatic hydroxyl groups excluding tert-OH is 1. The van der Waals surface area contributed by atoms with Crippen LogP contribution in [0.25, 0.3) is 0 Å². The van der Waals surface area contributed by atoms with Crippen LogP contribution in [0, 0.1) is 40.4 Å². The Bertz CT molecular complexity index is 714. The summed E-state index contributed by atoms with van der Waals surface area (Å²) in [5.74, 6) is 2.84. The number of carbonyl (C=O) groups is 2. The van der Waals surface area contributed by atoms with Gasteiger partial charge in [-0.05, 0) is 105 Å². The molecule has 6 nitrogen and oxygen atoms in total. The Morgan fingerprint density at radius 2 is 1.67 bits per heavy atom. The molecule has 4 aliphatic carbocycles. The molecule has 0 aromatic rings. The van der Waals surface area contributed by atoms with Gasteiger partial charge in [0.15, 0.2) is 0 Å². The van der Waals surface area contributed by atoms with Crippen LogP contribution in [0.15, 0.2) is 0 Å². The highest BCUT2D eigenvalue weighted by Gasteiger charge is 2.61. The third kappa shape index (κ3) is 4.84. The second-order valence-corrected chi connectivity index (χ2v) is 12.2. The van der Waals surface area contributed by atoms with E-state index >= 15 is 0 Å². The van der Waals surface area contributed by atoms with Crippen LogP contribution in [0.5, 0.6) is 0 Å². The maximum absolute atomic E-state index is 12.2. The first-order chi connectivity index (χ1) is 15.8. The maximum atomic E-state index is 12.2. The zero-order valence-electron chi connectivity index (χ0n) is 20.8. The molecule has 4 saturated carbocycles. The number of fused-ring (bicyclic) bond motifs is 5. The van der Waals surface area contributed by atoms with Crippen LogP contribution >= 0.6 is 0 Å². The zero-order chi connectivity index (χ0) is 23.6. The van der Waals surface area contributed by atoms with E-state index in [9.17, 15) is 14.7 Å². The SMILES string of the molecule is CC12CCC3C(C1CCC2CCCC(=O)NCCCC(=O)NO)[C@@H](O)CC1CCCCC13C. The van der Waals surface area contributed by atoms with Crippen molar-refractivity contribution in [1.29, 1.82) is 0 Å². The van der Waals surface area contributed by atoms with Gasteiger partial charge in [0.25, 0.3) is 0 Å². The summed E-state index contributed by atoms with van der Waals surface area (Å²) in [4.78, 5) is 23.2. The Kier molecular flexibility index (Phi) is 7.74. The van der Waals surface area contributed by atoms with E-state index in [0.29, 0.717) is 53.9 Å². The van der Waals surface area contributed by atoms with Crippen LogP contribution in [-0.4, -0.2) is 34.8 Å². The molecular formula is C27H46N2O4. The molecule has 7 unspecified atom stereocenters. The molecule has 4 N–H and O–H groups in total. The van der Waals surface area contributed by atoms with Crippen molar-refractivity contribution in [2.75, 3.05) is 6.54 Å². The number of hydroxylamine groups is 1. The summed E-state index contributed by atoms with van der Waals surface area (Å²) in [5.41, 5.74) is 2.37. The Labute approximate surface area is 199 Å². The Hall–Kier alpha value is -1.14. The van der Waals surface area contributed by atoms with Gasteiger partial charge < -0.3 is 10.4 Å². The van der Waals surface area contributed by atoms with E-state index in [0.717, 1.165) is 25.2 Å². The summed E-state index contributed by atoms with van der Waals surface area (Å²) in [6.07, 6.45) is 14.7. The van der Waals surface area contributed by atoms with Crippen molar-refractivity contribution in [3.05, 3.63) is 0 Å². The lowest BCUT2D eigenvalue weighted by Gasteiger charge is -2.62. The molecule has 33 heavy (non-hydrogen) atoms. The lowest BCUT2D eigenvalue weighted by atomic mass is 9.44. The smallest absolute Gasteiger partial charge is 0.243 e. The number of amides is 2. The van der Waals surface area contributed by atoms with Gasteiger partial charge in [0.05, 0.1) is 6.10 Å². The molecule has 0 saturated heterocycles. The minimum atomic E-state index is -0.418. The molecule has 2 amide bonds. The van der Waals surface area contributed by atoms with E-state index in [1.165, 1.54) is 51.4 Å². The van der Waals surface area contributed by atoms with E-state index in [4.69, 9.17) is 5.21 Å². The van der Waals surface area contributed by atoms with Crippen molar-refractivity contribution < 1.29 is 19.9 Å². The average molecular weight is 463 g/mol. The summed E-state index contributed by atoms with van der Waals surface area (Å²) < 4.78 is 0. The van der Waals surface area contributed by atoms with Gasteiger partial charge in [-0.3, -0.25) is 14.8 Å². The van der Waals surface area contributed by atoms with Gasteiger partial charge in [-0.2, -0.15) is 0 Å². The van der Waals surface area contributed by atoms with Gasteiger partial charge in [-0.1, -0.05) is 26.7 Å². The minimum Gasteiger partial charge on any atom is -0.393 e. The van der Waals surface area contributed by atoms with Crippen LogP contribution in [0.3, 0.4) is 0 Å². The van der Waals surface area contributed by atoms with E-state index in [-0.39, 0.29) is 18.4 Å². The van der Waals surface area contributed by atoms with E-state index in [2.05, 4.69) is 19.2 Å². The van der Waals surface area contributed by atoms with Crippen molar-refractivity contribution in [2.45, 2.75) is 110 Å². The number of rotatable bonds is 8. The fourth-order valence-electron chi connectivity index (χ4n) is 8.97. The third-order valence-electron chi connectivity index (χ3n) is 10.8. The van der Waals surface area contributed by atoms with Crippen molar-refractivity contribution in [2.24, 2.45) is 40.4 Å². The standard InChI is InChI=1S/C27H46N2O4/c1-26-14-4-3-7-19(26)17-22(30)25-20-12-11-18(27(20,2)15-13-21(25)26)8-5-9-23(31)28-16-6-10-24(32)29-33/h18-22,25,30,33H,3-17H2,1-2H3,(H,28,31)(H,29,32)/t18?,19?,20?,21?,22-,25?,26?,27?/m0/s1. The fraction of sp³-hybridized carbons (Fsp3) is 0.926. The minimum absolute atomic E-state index is 0.0572. The average Bonchev–Trinajstić information content (AvgIpc) is 3.13. The molecule has 188 valence electrons. The van der Waals surface area contributed by atoms with E-state index in [1.54, 1.807) is 5.48 Å². The van der Waals surface area contributed by atoms with Crippen molar-refractivity contribution in [3.8, 4) is 0 Å². The van der Waals surface area contributed by atoms with E-state index < -0.39 is 5.91 Å². The van der Waals surface area contributed by atoms with Gasteiger partial charge in [0.2, 0.25) is 11.8 Å². The monoisotopic (exact) mass is 462 g/mol. The van der Waals surface area contributed by atoms with Gasteiger partial charge in [-0.25, -0.2) is 5.48 Å². The predicted molar refractivity (Wildman–Crippen MR) is 127 cm³/mol. The van der Waals surface area contributed by atoms with Crippen LogP contribution in [-0.2, 0) is 9.59 Å². The van der Waals surface area contributed by atoms with Crippen molar-refractivity contribution in [1.82, 2.24) is 10.8 Å². The molecule has 0 heterocycles. The second kappa shape index (κ2) is 10.2. The molecule has 0 radical (unpaired) electrons. The maximum Gasteiger partial charge on any atom is 0.243 e. The molecule has 6 heteroatoms. The van der Waals surface area contributed by atoms with Crippen LogP contribution in [0.2, 0.25) is 0 Å². The fourth-order valence-corrected chi connectivity index (χ4v) is 8.97. The summed E-state index contributed by atoms with van der Waals surface area (Å²) in [7, 11) is 0. The highest BCUT2D eigenvalue weighted by atomic mass is 16.5. The molecule has 0 aromatic heterocycles. The number of carbonyl (C=O) groups excluding carboxylic acids is 2. The first-order valence-electron chi connectivity index (χ1n) is 13.7. The Balaban J connectivity index is 1.29. The molecular weight excluding hydrogens is 416 g/mol. The first kappa shape index (κ1) is 25.0. The molecule has 0 bridgehead atoms. The van der Waals surface area contributed by atoms with Crippen LogP contribution < -0.4 is 10.8 Å². The molecule has 0 spiro atoms. The zero-order valence-corrected chi connectivity index (χ0v) is 20.8. The third-order valence-corrected chi connectivity index (χ3v) is 10.8. The Morgan fingerprint density at radius 1 is 0.909 bits per heavy atom. The summed E-state index contributed by atoms with van der Waals surface area (Å²) in [6.45, 7) is 5.53. The topological polar surface area (TPSA) is 98.7 Å². The molecule has 0 aliphatic heterocycles. The van der Waals surface area contributed by atoms with Crippen LogP contribution in [0.1, 0.15) is 104 Å². The molecule has 4 fully saturated rings. The normalized spacial score (nSPS) is 42.1. The largest absolute Gasteiger partial charge is 0.393 e. The number of hydrogen-bond acceptors (Lipinski definition) is 4. The number of hydrogen-bond donors (Lipinski definition) is 4. The number of aliphatic hydroxyl groups is 1. The molecule has 4 rings (SSSR count). The van der Waals surface area contributed by atoms with Crippen molar-refractivity contribution in [3.63, 3.8) is 0 Å². The first-order valence-corrected chi connectivity index (χ1v) is 13.7. The van der Waals surface area contributed by atoms with Crippen molar-refractivity contribution >= 4 is 11.8 Å². The van der Waals surface area contributed by atoms with Gasteiger partial charge >= 0.3 is 0 Å². The Morgan fingerprint density at radius 3 is 2.45 bits per heavy atom. The molecule has 8 atom stereocenters. The highest BCUT2D eigenvalue weighted by Crippen LogP contribution is 2.67.